The van der Waals surface area contributed by atoms with E-state index in [1.54, 1.807) is 7.11 Å². The molecule has 0 radical (unpaired) electrons. The first-order valence-electron chi connectivity index (χ1n) is 12.2. The number of nitrogens with zero attached hydrogens (tertiary/aromatic N) is 2. The van der Waals surface area contributed by atoms with E-state index in [9.17, 15) is 5.26 Å². The molecule has 0 saturated heterocycles. The molecule has 0 N–H and O–H groups in total. The van der Waals surface area contributed by atoms with Gasteiger partial charge in [-0.1, -0.05) is 42.5 Å². The van der Waals surface area contributed by atoms with E-state index in [0.29, 0.717) is 25.3 Å². The molecule has 0 bridgehead atoms. The van der Waals surface area contributed by atoms with Gasteiger partial charge < -0.3 is 18.9 Å². The predicted octanol–water partition coefficient (Wildman–Crippen LogP) is 5.84. The Morgan fingerprint density at radius 3 is 2.67 bits per heavy atom. The standard InChI is InChI=1S/C30H30N2O4/c1-21-15-28-30(36-20-35-28)16-23(21)9-10-26-25-18-27(33-2)29(34-19-22-7-4-3-5-8-22)17-24(25)11-14-32(26)13-6-12-31/h3-5,7-10,15-18,26H,6,11,13-14,19-20H2,1-2H3/b10-9+. The highest BCUT2D eigenvalue weighted by atomic mass is 16.7. The fraction of sp³-hybridized carbons (Fsp3) is 0.300. The largest absolute Gasteiger partial charge is 0.493 e. The van der Waals surface area contributed by atoms with Gasteiger partial charge in [0.05, 0.1) is 19.2 Å². The van der Waals surface area contributed by atoms with Gasteiger partial charge in [-0.05, 0) is 65.4 Å². The molecular formula is C30H30N2O4. The van der Waals surface area contributed by atoms with Crippen LogP contribution in [0.1, 0.15) is 40.3 Å². The topological polar surface area (TPSA) is 64.0 Å². The minimum atomic E-state index is 0.0176. The number of rotatable bonds is 8. The lowest BCUT2D eigenvalue weighted by molar-refractivity contribution is 0.174. The number of methoxy groups -OCH3 is 1. The summed E-state index contributed by atoms with van der Waals surface area (Å²) in [5.41, 5.74) is 5.74. The molecule has 0 spiro atoms. The number of nitriles is 1. The van der Waals surface area contributed by atoms with Crippen LogP contribution in [-0.4, -0.2) is 31.9 Å². The van der Waals surface area contributed by atoms with Gasteiger partial charge in [-0.3, -0.25) is 4.90 Å². The monoisotopic (exact) mass is 482 g/mol. The molecule has 2 heterocycles. The second kappa shape index (κ2) is 10.8. The molecule has 6 heteroatoms. The van der Waals surface area contributed by atoms with Gasteiger partial charge in [-0.15, -0.1) is 0 Å². The van der Waals surface area contributed by atoms with Crippen molar-refractivity contribution < 1.29 is 18.9 Å². The maximum Gasteiger partial charge on any atom is 0.231 e. The highest BCUT2D eigenvalue weighted by Gasteiger charge is 2.27. The summed E-state index contributed by atoms with van der Waals surface area (Å²) in [6, 6.07) is 20.7. The quantitative estimate of drug-likeness (QED) is 0.402. The van der Waals surface area contributed by atoms with E-state index in [4.69, 9.17) is 18.9 Å². The Hall–Kier alpha value is -3.95. The van der Waals surface area contributed by atoms with Crippen molar-refractivity contribution in [3.63, 3.8) is 0 Å². The van der Waals surface area contributed by atoms with Crippen molar-refractivity contribution >= 4 is 6.08 Å². The third-order valence-corrected chi connectivity index (χ3v) is 6.77. The Kier molecular flexibility index (Phi) is 7.11. The molecule has 0 aliphatic carbocycles. The van der Waals surface area contributed by atoms with Gasteiger partial charge >= 0.3 is 0 Å². The van der Waals surface area contributed by atoms with Crippen LogP contribution in [0.3, 0.4) is 0 Å². The van der Waals surface area contributed by atoms with E-state index >= 15 is 0 Å². The average molecular weight is 483 g/mol. The zero-order valence-electron chi connectivity index (χ0n) is 20.7. The van der Waals surface area contributed by atoms with Crippen LogP contribution >= 0.6 is 0 Å². The summed E-state index contributed by atoms with van der Waals surface area (Å²) >= 11 is 0. The van der Waals surface area contributed by atoms with Crippen molar-refractivity contribution in [2.24, 2.45) is 0 Å². The summed E-state index contributed by atoms with van der Waals surface area (Å²) in [4.78, 5) is 2.36. The van der Waals surface area contributed by atoms with E-state index in [1.165, 1.54) is 11.1 Å². The molecule has 36 heavy (non-hydrogen) atoms. The van der Waals surface area contributed by atoms with Gasteiger partial charge in [-0.25, -0.2) is 0 Å². The van der Waals surface area contributed by atoms with Gasteiger partial charge in [0.2, 0.25) is 6.79 Å². The highest BCUT2D eigenvalue weighted by molar-refractivity contribution is 5.62. The van der Waals surface area contributed by atoms with E-state index in [0.717, 1.165) is 46.9 Å². The minimum absolute atomic E-state index is 0.0176. The van der Waals surface area contributed by atoms with Gasteiger partial charge in [0, 0.05) is 19.5 Å². The van der Waals surface area contributed by atoms with Crippen molar-refractivity contribution in [2.45, 2.75) is 32.4 Å². The molecule has 3 aromatic rings. The fourth-order valence-corrected chi connectivity index (χ4v) is 4.82. The molecule has 0 amide bonds. The maximum absolute atomic E-state index is 9.23. The second-order valence-electron chi connectivity index (χ2n) is 9.04. The van der Waals surface area contributed by atoms with E-state index < -0.39 is 0 Å². The number of ether oxygens (including phenoxy) is 4. The Balaban J connectivity index is 1.46. The highest BCUT2D eigenvalue weighted by Crippen LogP contribution is 2.40. The van der Waals surface area contributed by atoms with Crippen LogP contribution in [-0.2, 0) is 13.0 Å². The minimum Gasteiger partial charge on any atom is -0.493 e. The lowest BCUT2D eigenvalue weighted by Gasteiger charge is -2.36. The van der Waals surface area contributed by atoms with Crippen molar-refractivity contribution in [3.05, 3.63) is 88.5 Å². The van der Waals surface area contributed by atoms with Crippen LogP contribution in [0.4, 0.5) is 0 Å². The van der Waals surface area contributed by atoms with Gasteiger partial charge in [0.25, 0.3) is 0 Å². The van der Waals surface area contributed by atoms with E-state index in [1.807, 2.05) is 30.3 Å². The fourth-order valence-electron chi connectivity index (χ4n) is 4.82. The summed E-state index contributed by atoms with van der Waals surface area (Å²) in [7, 11) is 1.67. The molecule has 0 saturated carbocycles. The van der Waals surface area contributed by atoms with Crippen LogP contribution < -0.4 is 18.9 Å². The third kappa shape index (κ3) is 5.02. The van der Waals surface area contributed by atoms with Crippen LogP contribution in [0.5, 0.6) is 23.0 Å². The summed E-state index contributed by atoms with van der Waals surface area (Å²) in [5.74, 6) is 3.02. The predicted molar refractivity (Wildman–Crippen MR) is 138 cm³/mol. The van der Waals surface area contributed by atoms with Crippen molar-refractivity contribution in [3.8, 4) is 29.1 Å². The first-order valence-corrected chi connectivity index (χ1v) is 12.2. The zero-order chi connectivity index (χ0) is 24.9. The number of aryl methyl sites for hydroxylation is 1. The normalized spacial score (nSPS) is 16.5. The number of fused-ring (bicyclic) bond motifs is 2. The van der Waals surface area contributed by atoms with E-state index in [-0.39, 0.29) is 12.8 Å². The Bertz CT molecular complexity index is 1300. The molecule has 0 fully saturated rings. The summed E-state index contributed by atoms with van der Waals surface area (Å²) < 4.78 is 23.0. The molecule has 1 atom stereocenters. The molecule has 2 aliphatic heterocycles. The SMILES string of the molecule is COc1cc2c(cc1OCc1ccccc1)CCN(CCC#N)C2/C=C/c1cc2c(cc1C)OCO2. The number of benzene rings is 3. The van der Waals surface area contributed by atoms with Crippen LogP contribution in [0, 0.1) is 18.3 Å². The molecular weight excluding hydrogens is 452 g/mol. The lowest BCUT2D eigenvalue weighted by Crippen LogP contribution is -2.35. The molecule has 6 nitrogen and oxygen atoms in total. The first-order chi connectivity index (χ1) is 17.7. The summed E-state index contributed by atoms with van der Waals surface area (Å²) in [5, 5.41) is 9.23. The Labute approximate surface area is 212 Å². The number of hydrogen-bond acceptors (Lipinski definition) is 6. The maximum atomic E-state index is 9.23. The molecule has 5 rings (SSSR count). The first kappa shape index (κ1) is 23.8. The third-order valence-electron chi connectivity index (χ3n) is 6.77. The average Bonchev–Trinajstić information content (AvgIpc) is 3.36. The Morgan fingerprint density at radius 1 is 1.08 bits per heavy atom. The zero-order valence-corrected chi connectivity index (χ0v) is 20.7. The lowest BCUT2D eigenvalue weighted by atomic mass is 9.90. The van der Waals surface area contributed by atoms with Crippen molar-refractivity contribution in [1.82, 2.24) is 4.90 Å². The Morgan fingerprint density at radius 2 is 1.89 bits per heavy atom. The smallest absolute Gasteiger partial charge is 0.231 e. The van der Waals surface area contributed by atoms with E-state index in [2.05, 4.69) is 54.3 Å². The van der Waals surface area contributed by atoms with Crippen LogP contribution in [0.25, 0.3) is 6.08 Å². The van der Waals surface area contributed by atoms with Crippen molar-refractivity contribution in [2.75, 3.05) is 27.0 Å². The van der Waals surface area contributed by atoms with Gasteiger partial charge in [0.15, 0.2) is 23.0 Å². The van der Waals surface area contributed by atoms with Gasteiger partial charge in [-0.2, -0.15) is 5.26 Å². The molecule has 1 unspecified atom stereocenters. The second-order valence-corrected chi connectivity index (χ2v) is 9.04. The van der Waals surface area contributed by atoms with Crippen LogP contribution in [0.15, 0.2) is 60.7 Å². The number of hydrogen-bond donors (Lipinski definition) is 0. The van der Waals surface area contributed by atoms with Crippen LogP contribution in [0.2, 0.25) is 0 Å². The molecule has 0 aromatic heterocycles. The molecule has 3 aromatic carbocycles. The van der Waals surface area contributed by atoms with Gasteiger partial charge in [0.1, 0.15) is 6.61 Å². The van der Waals surface area contributed by atoms with Crippen molar-refractivity contribution in [1.29, 1.82) is 5.26 Å². The molecule has 184 valence electrons. The molecule has 2 aliphatic rings. The summed E-state index contributed by atoms with van der Waals surface area (Å²) in [6.45, 7) is 4.39. The summed E-state index contributed by atoms with van der Waals surface area (Å²) in [6.07, 6.45) is 5.73.